The average molecular weight is 887 g/mol. The molecule has 0 N–H and O–H groups in total. The molecule has 0 bridgehead atoms. The molecule has 0 aliphatic carbocycles. The molecule has 0 unspecified atom stereocenters. The number of methoxy groups -OCH3 is 2. The molecule has 0 aliphatic heterocycles. The molecule has 0 fully saturated rings. The fraction of sp³-hybridized carbons (Fsp3) is 0.400. The maximum atomic E-state index is 5.60. The molecule has 6 heteroatoms. The minimum absolute atomic E-state index is 0. The molecule has 0 heterocycles. The molecule has 6 rings (SSSR count). The Morgan fingerprint density at radius 2 is 0.821 bits per heavy atom. The van der Waals surface area contributed by atoms with Gasteiger partial charge in [-0.1, -0.05) is 113 Å². The Morgan fingerprint density at radius 3 is 1.09 bits per heavy atom. The van der Waals surface area contributed by atoms with Crippen LogP contribution in [0.5, 0.6) is 0 Å². The van der Waals surface area contributed by atoms with Crippen LogP contribution in [0.25, 0.3) is 43.8 Å². The molecular formula is C50H64Cl2O2SiZr-2. The fourth-order valence-corrected chi connectivity index (χ4v) is 6.73. The van der Waals surface area contributed by atoms with Crippen molar-refractivity contribution < 1.29 is 57.6 Å². The third-order valence-corrected chi connectivity index (χ3v) is 10.1. The predicted molar refractivity (Wildman–Crippen MR) is 234 cm³/mol. The van der Waals surface area contributed by atoms with Gasteiger partial charge in [-0.3, -0.25) is 0 Å². The molecule has 0 amide bonds. The van der Waals surface area contributed by atoms with Crippen molar-refractivity contribution in [2.75, 3.05) is 14.2 Å². The topological polar surface area (TPSA) is 18.5 Å². The summed E-state index contributed by atoms with van der Waals surface area (Å²) in [6.07, 6.45) is 1.83. The molecule has 0 saturated heterocycles. The van der Waals surface area contributed by atoms with E-state index in [4.69, 9.17) is 9.47 Å². The second-order valence-electron chi connectivity index (χ2n) is 18.3. The molecule has 6 aromatic carbocycles. The molecule has 56 heavy (non-hydrogen) atoms. The Kier molecular flexibility index (Phi) is 18.3. The molecule has 6 aromatic rings. The number of ether oxygens (including phenoxy) is 2. The van der Waals surface area contributed by atoms with Gasteiger partial charge in [-0.15, -0.1) is 69.1 Å². The van der Waals surface area contributed by atoms with E-state index in [9.17, 15) is 0 Å². The van der Waals surface area contributed by atoms with Crippen LogP contribution in [0.1, 0.15) is 91.5 Å². The van der Waals surface area contributed by atoms with Crippen LogP contribution in [0.4, 0.5) is 0 Å². The summed E-state index contributed by atoms with van der Waals surface area (Å²) in [4.78, 5) is 0. The van der Waals surface area contributed by atoms with Crippen molar-refractivity contribution >= 4 is 27.0 Å². The number of benzene rings is 4. The van der Waals surface area contributed by atoms with Crippen molar-refractivity contribution in [3.05, 3.63) is 131 Å². The molecule has 0 spiro atoms. The van der Waals surface area contributed by atoms with Gasteiger partial charge in [0.25, 0.3) is 0 Å². The number of halogens is 2. The van der Waals surface area contributed by atoms with Crippen molar-refractivity contribution in [2.45, 2.75) is 117 Å². The van der Waals surface area contributed by atoms with Gasteiger partial charge in [0.15, 0.2) is 0 Å². The Morgan fingerprint density at radius 1 is 0.518 bits per heavy atom. The molecule has 2 nitrogen and oxygen atoms in total. The van der Waals surface area contributed by atoms with Crippen molar-refractivity contribution in [2.24, 2.45) is 0 Å². The van der Waals surface area contributed by atoms with E-state index in [1.54, 1.807) is 37.6 Å². The van der Waals surface area contributed by atoms with Gasteiger partial charge in [-0.25, -0.2) is 0 Å². The molecule has 0 aliphatic rings. The fourth-order valence-electron chi connectivity index (χ4n) is 6.73. The standard InChI is InChI=1S/2C24H29O.C2H6Si.2ClH.Zr/c2*1-23(2,3)20-12-10-18(11-13-20)21-9-7-8-19-14-17(15-22(19)21)16-24(4,5)25-6;1-3-2;;;/h2*7-15H,16H2,1-6H3;1-2H3;2*1H;/q2*-1;;;;+2/p-2. The van der Waals surface area contributed by atoms with E-state index in [-0.39, 0.29) is 52.3 Å². The monoisotopic (exact) mass is 884 g/mol. The van der Waals surface area contributed by atoms with Gasteiger partial charge in [0, 0.05) is 14.2 Å². The summed E-state index contributed by atoms with van der Waals surface area (Å²) in [5, 5.41) is 5.26. The molecule has 0 atom stereocenters. The Bertz CT molecular complexity index is 1990. The van der Waals surface area contributed by atoms with Crippen LogP contribution in [0.15, 0.2) is 109 Å². The number of rotatable bonds is 8. The predicted octanol–water partition coefficient (Wildman–Crippen LogP) is 7.77. The smallest absolute Gasteiger partial charge is 1.00 e. The van der Waals surface area contributed by atoms with Gasteiger partial charge in [0.05, 0.1) is 11.2 Å². The molecular weight excluding hydrogens is 823 g/mol. The largest absolute Gasteiger partial charge is 1.00 e. The van der Waals surface area contributed by atoms with Crippen LogP contribution >= 0.6 is 0 Å². The normalized spacial score (nSPS) is 11.9. The van der Waals surface area contributed by atoms with E-state index in [0.29, 0.717) is 0 Å². The summed E-state index contributed by atoms with van der Waals surface area (Å²) in [5.41, 5.74) is 10.9. The van der Waals surface area contributed by atoms with Crippen LogP contribution in [0.3, 0.4) is 0 Å². The van der Waals surface area contributed by atoms with Crippen molar-refractivity contribution in [3.8, 4) is 22.3 Å². The average Bonchev–Trinajstić information content (AvgIpc) is 3.70. The van der Waals surface area contributed by atoms with Gasteiger partial charge in [-0.05, 0) is 73.6 Å². The first kappa shape index (κ1) is 49.8. The zero-order valence-electron chi connectivity index (χ0n) is 36.4. The Balaban J connectivity index is 0.000000342. The first-order chi connectivity index (χ1) is 25.1. The quantitative estimate of drug-likeness (QED) is 0.115. The summed E-state index contributed by atoms with van der Waals surface area (Å²) < 4.78 is 11.2. The van der Waals surface area contributed by atoms with Crippen LogP contribution in [0.2, 0.25) is 13.1 Å². The van der Waals surface area contributed by atoms with Crippen LogP contribution < -0.4 is 24.8 Å². The Hall–Kier alpha value is -2.30. The van der Waals surface area contributed by atoms with Gasteiger partial charge in [0.1, 0.15) is 0 Å². The van der Waals surface area contributed by atoms with Crippen LogP contribution in [-0.4, -0.2) is 30.9 Å². The summed E-state index contributed by atoms with van der Waals surface area (Å²) in [5.74, 6) is 0. The van der Waals surface area contributed by atoms with Crippen molar-refractivity contribution in [1.82, 2.24) is 0 Å². The van der Waals surface area contributed by atoms with Crippen molar-refractivity contribution in [1.29, 1.82) is 0 Å². The number of fused-ring (bicyclic) bond motifs is 2. The minimum atomic E-state index is -0.140. The van der Waals surface area contributed by atoms with Gasteiger partial charge in [-0.2, -0.15) is 12.1 Å². The van der Waals surface area contributed by atoms with E-state index in [1.807, 2.05) is 0 Å². The van der Waals surface area contributed by atoms with E-state index >= 15 is 0 Å². The number of hydrogen-bond donors (Lipinski definition) is 0. The number of hydrogen-bond acceptors (Lipinski definition) is 2. The SMILES string of the molecule is COC(C)(C)Cc1cc2c(-c3ccc(C(C)(C)C)cc3)cccc2[cH-]1.COC(C)(C)Cc1cc2c(-c3ccc(C(C)(C)C)cc3)cccc2[cH-]1.C[Si](C)=[Zr+2].[Cl-].[Cl-]. The first-order valence-electron chi connectivity index (χ1n) is 19.3. The maximum absolute atomic E-state index is 5.60. The molecule has 300 valence electrons. The second kappa shape index (κ2) is 20.6. The zero-order valence-corrected chi connectivity index (χ0v) is 41.3. The maximum Gasteiger partial charge on any atom is -1.00 e. The zero-order chi connectivity index (χ0) is 40.1. The van der Waals surface area contributed by atoms with E-state index in [2.05, 4.69) is 192 Å². The van der Waals surface area contributed by atoms with Gasteiger partial charge in [0.2, 0.25) is 0 Å². The second-order valence-corrected chi connectivity index (χ2v) is 27.7. The first-order valence-corrected chi connectivity index (χ1v) is 25.5. The van der Waals surface area contributed by atoms with Crippen LogP contribution in [-0.2, 0) is 56.5 Å². The van der Waals surface area contributed by atoms with E-state index in [1.165, 1.54) is 66.1 Å². The van der Waals surface area contributed by atoms with Crippen LogP contribution in [0, 0.1) is 0 Å². The Labute approximate surface area is 367 Å². The van der Waals surface area contributed by atoms with Crippen molar-refractivity contribution in [3.63, 3.8) is 0 Å². The third-order valence-electron chi connectivity index (χ3n) is 10.1. The summed E-state index contributed by atoms with van der Waals surface area (Å²) in [7, 11) is 3.57. The summed E-state index contributed by atoms with van der Waals surface area (Å²) >= 11 is 1.74. The van der Waals surface area contributed by atoms with Gasteiger partial charge < -0.3 is 34.3 Å². The third kappa shape index (κ3) is 13.9. The van der Waals surface area contributed by atoms with E-state index in [0.717, 1.165) is 12.8 Å². The minimum Gasteiger partial charge on any atom is -1.00 e. The summed E-state index contributed by atoms with van der Waals surface area (Å²) in [6.45, 7) is 26.7. The molecule has 0 saturated carbocycles. The molecule has 0 radical (unpaired) electrons. The summed E-state index contributed by atoms with van der Waals surface area (Å²) in [6, 6.07) is 40.4. The molecule has 0 aromatic heterocycles. The van der Waals surface area contributed by atoms with E-state index < -0.39 is 0 Å². The van der Waals surface area contributed by atoms with Gasteiger partial charge >= 0.3 is 41.9 Å².